The van der Waals surface area contributed by atoms with E-state index in [1.807, 2.05) is 97.1 Å². The molecule has 9 nitrogen and oxygen atoms in total. The summed E-state index contributed by atoms with van der Waals surface area (Å²) in [5, 5.41) is 10.8. The van der Waals surface area contributed by atoms with Crippen LogP contribution in [0.15, 0.2) is 89.7 Å². The van der Waals surface area contributed by atoms with Gasteiger partial charge in [-0.15, -0.1) is 5.10 Å². The van der Waals surface area contributed by atoms with E-state index in [0.29, 0.717) is 34.8 Å². The Balaban J connectivity index is 1.45. The third-order valence-electron chi connectivity index (χ3n) is 6.76. The van der Waals surface area contributed by atoms with Gasteiger partial charge in [0.2, 0.25) is 0 Å². The number of nitrogen functional groups attached to an aromatic ring is 1. The van der Waals surface area contributed by atoms with E-state index in [1.54, 1.807) is 17.7 Å². The number of carbonyl (C=O) groups excluding carboxylic acids is 1. The van der Waals surface area contributed by atoms with Crippen molar-refractivity contribution in [1.29, 1.82) is 0 Å². The fourth-order valence-electron chi connectivity index (χ4n) is 4.87. The third kappa shape index (κ3) is 4.54. The van der Waals surface area contributed by atoms with Gasteiger partial charge in [-0.1, -0.05) is 72.8 Å². The second-order valence-corrected chi connectivity index (χ2v) is 9.45. The number of fused-ring (bicyclic) bond motifs is 2. The number of benzene rings is 3. The molecule has 0 fully saturated rings. The van der Waals surface area contributed by atoms with Gasteiger partial charge in [-0.05, 0) is 42.3 Å². The number of nitrogens with zero attached hydrogens (tertiary/aromatic N) is 4. The van der Waals surface area contributed by atoms with Crippen molar-refractivity contribution in [2.75, 3.05) is 17.6 Å². The Morgan fingerprint density at radius 3 is 2.55 bits per heavy atom. The highest BCUT2D eigenvalue weighted by atomic mass is 16.2. The first-order valence-electron chi connectivity index (χ1n) is 12.9. The molecule has 0 bridgehead atoms. The molecule has 3 aromatic carbocycles. The minimum absolute atomic E-state index is 0.112. The van der Waals surface area contributed by atoms with E-state index >= 15 is 0 Å². The minimum atomic E-state index is -0.637. The molecule has 1 unspecified atom stereocenters. The number of aromatic nitrogens is 4. The summed E-state index contributed by atoms with van der Waals surface area (Å²) in [6.45, 7) is 2.35. The summed E-state index contributed by atoms with van der Waals surface area (Å²) in [6.07, 6.45) is 7.53. The number of anilines is 2. The van der Waals surface area contributed by atoms with Gasteiger partial charge in [-0.2, -0.15) is 0 Å². The Kier molecular flexibility index (Phi) is 6.45. The Morgan fingerprint density at radius 1 is 1.02 bits per heavy atom. The number of amides is 1. The molecule has 0 spiro atoms. The summed E-state index contributed by atoms with van der Waals surface area (Å²) in [4.78, 5) is 32.5. The topological polar surface area (TPSA) is 120 Å². The molecule has 1 amide bonds. The van der Waals surface area contributed by atoms with E-state index in [-0.39, 0.29) is 16.9 Å². The number of nitrogens with two attached hydrogens (primary N) is 1. The molecule has 6 rings (SSSR count). The van der Waals surface area contributed by atoms with Crippen LogP contribution in [0.3, 0.4) is 0 Å². The smallest absolute Gasteiger partial charge is 0.266 e. The monoisotopic (exact) mass is 529 g/mol. The van der Waals surface area contributed by atoms with Crippen LogP contribution >= 0.6 is 0 Å². The Labute approximate surface area is 230 Å². The summed E-state index contributed by atoms with van der Waals surface area (Å²) < 4.78 is 3.10. The molecule has 1 aliphatic heterocycles. The van der Waals surface area contributed by atoms with Crippen molar-refractivity contribution in [1.82, 2.24) is 24.6 Å². The summed E-state index contributed by atoms with van der Waals surface area (Å²) >= 11 is 0. The van der Waals surface area contributed by atoms with Crippen LogP contribution in [0.2, 0.25) is 0 Å². The van der Waals surface area contributed by atoms with Crippen LogP contribution in [0.5, 0.6) is 0 Å². The van der Waals surface area contributed by atoms with Crippen molar-refractivity contribution in [2.24, 2.45) is 0 Å². The molecule has 3 heterocycles. The van der Waals surface area contributed by atoms with E-state index in [0.717, 1.165) is 11.1 Å². The first-order chi connectivity index (χ1) is 19.5. The molecule has 0 saturated heterocycles. The fraction of sp³-hybridized carbons (Fsp3) is 0.0968. The van der Waals surface area contributed by atoms with E-state index in [9.17, 15) is 9.59 Å². The van der Waals surface area contributed by atoms with Crippen LogP contribution < -0.4 is 21.9 Å². The lowest BCUT2D eigenvalue weighted by molar-refractivity contribution is 0.0939. The predicted octanol–water partition coefficient (Wildman–Crippen LogP) is 4.72. The van der Waals surface area contributed by atoms with Crippen LogP contribution in [-0.2, 0) is 0 Å². The lowest BCUT2D eigenvalue weighted by atomic mass is 10.1. The van der Waals surface area contributed by atoms with Gasteiger partial charge >= 0.3 is 0 Å². The highest BCUT2D eigenvalue weighted by Crippen LogP contribution is 2.26. The molecule has 0 saturated carbocycles. The van der Waals surface area contributed by atoms with Crippen molar-refractivity contribution < 1.29 is 4.79 Å². The molecule has 1 aliphatic rings. The average Bonchev–Trinajstić information content (AvgIpc) is 3.32. The molecule has 0 aliphatic carbocycles. The highest BCUT2D eigenvalue weighted by molar-refractivity contribution is 6.04. The molecule has 0 radical (unpaired) electrons. The van der Waals surface area contributed by atoms with Crippen LogP contribution in [0.1, 0.15) is 40.3 Å². The maximum absolute atomic E-state index is 14.2. The number of rotatable bonds is 6. The lowest BCUT2D eigenvalue weighted by Crippen LogP contribution is -2.34. The lowest BCUT2D eigenvalue weighted by Gasteiger charge is -2.20. The number of hydrogen-bond acceptors (Lipinski definition) is 6. The highest BCUT2D eigenvalue weighted by Gasteiger charge is 2.26. The van der Waals surface area contributed by atoms with Crippen LogP contribution in [0, 0.1) is 0 Å². The molecule has 5 aromatic rings. The van der Waals surface area contributed by atoms with Gasteiger partial charge in [0.1, 0.15) is 17.2 Å². The van der Waals surface area contributed by atoms with Gasteiger partial charge in [0.05, 0.1) is 22.6 Å². The molecule has 40 heavy (non-hydrogen) atoms. The van der Waals surface area contributed by atoms with Gasteiger partial charge in [0.15, 0.2) is 5.82 Å². The maximum Gasteiger partial charge on any atom is 0.266 e. The zero-order chi connectivity index (χ0) is 27.6. The van der Waals surface area contributed by atoms with Crippen molar-refractivity contribution in [3.63, 3.8) is 0 Å². The van der Waals surface area contributed by atoms with E-state index in [2.05, 4.69) is 15.7 Å². The number of carbonyl (C=O) groups is 1. The maximum atomic E-state index is 14.2. The quantitative estimate of drug-likeness (QED) is 0.274. The number of para-hydroxylation sites is 1. The Morgan fingerprint density at radius 2 is 1.77 bits per heavy atom. The summed E-state index contributed by atoms with van der Waals surface area (Å²) in [7, 11) is 0. The largest absolute Gasteiger partial charge is 0.381 e. The van der Waals surface area contributed by atoms with E-state index in [1.165, 1.54) is 4.68 Å². The number of nitrogens with one attached hydrogen (secondary N) is 2. The number of hydrogen-bond donors (Lipinski definition) is 3. The van der Waals surface area contributed by atoms with Crippen molar-refractivity contribution in [2.45, 2.75) is 13.0 Å². The van der Waals surface area contributed by atoms with E-state index in [4.69, 9.17) is 10.7 Å². The van der Waals surface area contributed by atoms with Crippen LogP contribution in [0.25, 0.3) is 34.9 Å². The van der Waals surface area contributed by atoms with Crippen LogP contribution in [0.4, 0.5) is 11.6 Å². The molecular formula is C31H27N7O2. The molecular weight excluding hydrogens is 502 g/mol. The molecule has 198 valence electrons. The van der Waals surface area contributed by atoms with E-state index < -0.39 is 11.9 Å². The van der Waals surface area contributed by atoms with Crippen LogP contribution in [-0.4, -0.2) is 31.8 Å². The summed E-state index contributed by atoms with van der Waals surface area (Å²) in [5.41, 5.74) is 9.09. The summed E-state index contributed by atoms with van der Waals surface area (Å²) in [6, 6.07) is 24.1. The normalized spacial score (nSPS) is 13.2. The second-order valence-electron chi connectivity index (χ2n) is 9.45. The SMILES string of the molecule is CC(NC(=O)c1c(N)nn2c1NCC=C2)c1nc2cccc(/C=C/c3ccccc3)c2c(=O)n1-c1ccccc1. The minimum Gasteiger partial charge on any atom is -0.381 e. The van der Waals surface area contributed by atoms with Gasteiger partial charge in [-0.3, -0.25) is 14.2 Å². The molecule has 9 heteroatoms. The molecule has 1 atom stereocenters. The molecule has 4 N–H and O–H groups in total. The van der Waals surface area contributed by atoms with Crippen molar-refractivity contribution in [3.8, 4) is 5.69 Å². The second kappa shape index (κ2) is 10.4. The van der Waals surface area contributed by atoms with Crippen molar-refractivity contribution >= 4 is 46.8 Å². The van der Waals surface area contributed by atoms with Gasteiger partial charge in [-0.25, -0.2) is 9.67 Å². The zero-order valence-corrected chi connectivity index (χ0v) is 21.8. The fourth-order valence-corrected chi connectivity index (χ4v) is 4.87. The first-order valence-corrected chi connectivity index (χ1v) is 12.9. The summed E-state index contributed by atoms with van der Waals surface area (Å²) in [5.74, 6) is 0.614. The van der Waals surface area contributed by atoms with Gasteiger partial charge in [0, 0.05) is 12.7 Å². The standard InChI is InChI=1S/C31H27N7O2/c1-20(34-30(39)26-27(32)36-37-19-9-18-33-29(26)37)28-35-24-15-8-12-22(17-16-21-10-4-2-5-11-21)25(24)31(40)38(28)23-13-6-3-7-14-23/h2-17,19-20,33H,18H2,1H3,(H2,32,36)(H,34,39)/b17-16+. The Bertz CT molecular complexity index is 1840. The third-order valence-corrected chi connectivity index (χ3v) is 6.76. The van der Waals surface area contributed by atoms with Gasteiger partial charge in [0.25, 0.3) is 11.5 Å². The first kappa shape index (κ1) is 24.9. The Hall–Kier alpha value is -5.44. The van der Waals surface area contributed by atoms with Crippen molar-refractivity contribution in [3.05, 3.63) is 118 Å². The average molecular weight is 530 g/mol. The zero-order valence-electron chi connectivity index (χ0n) is 21.8. The van der Waals surface area contributed by atoms with Gasteiger partial charge < -0.3 is 16.4 Å². The molecule has 2 aromatic heterocycles. The predicted molar refractivity (Wildman–Crippen MR) is 159 cm³/mol.